The Morgan fingerprint density at radius 3 is 2.58 bits per heavy atom. The van der Waals surface area contributed by atoms with Crippen molar-refractivity contribution in [1.82, 2.24) is 9.55 Å². The van der Waals surface area contributed by atoms with Gasteiger partial charge in [0.25, 0.3) is 0 Å². The molecule has 1 aromatic heterocycles. The van der Waals surface area contributed by atoms with Gasteiger partial charge in [-0.05, 0) is 24.3 Å². The van der Waals surface area contributed by atoms with Gasteiger partial charge in [-0.25, -0.2) is 4.98 Å². The van der Waals surface area contributed by atoms with Crippen molar-refractivity contribution in [1.29, 1.82) is 0 Å². The number of oxime groups is 1. The number of imidazole rings is 1. The molecule has 0 radical (unpaired) electrons. The predicted molar refractivity (Wildman–Crippen MR) is 94.4 cm³/mol. The summed E-state index contributed by atoms with van der Waals surface area (Å²) in [6, 6.07) is 15.2. The van der Waals surface area contributed by atoms with E-state index in [-0.39, 0.29) is 0 Å². The van der Waals surface area contributed by atoms with E-state index in [9.17, 15) is 5.21 Å². The van der Waals surface area contributed by atoms with E-state index in [2.05, 4.69) is 22.0 Å². The van der Waals surface area contributed by atoms with Gasteiger partial charge in [-0.2, -0.15) is 0 Å². The second-order valence-electron chi connectivity index (χ2n) is 5.09. The van der Waals surface area contributed by atoms with E-state index in [1.54, 1.807) is 29.4 Å². The van der Waals surface area contributed by atoms with Crippen LogP contribution in [0.1, 0.15) is 16.7 Å². The highest BCUT2D eigenvalue weighted by Gasteiger charge is 2.10. The maximum absolute atomic E-state index is 9.29. The van der Waals surface area contributed by atoms with Gasteiger partial charge in [-0.1, -0.05) is 52.9 Å². The van der Waals surface area contributed by atoms with E-state index in [1.165, 1.54) is 0 Å². The summed E-state index contributed by atoms with van der Waals surface area (Å²) in [6.45, 7) is 0.380. The molecular formula is C19H14ClN3O. The van der Waals surface area contributed by atoms with Crippen molar-refractivity contribution >= 4 is 17.3 Å². The number of benzene rings is 2. The van der Waals surface area contributed by atoms with Crippen molar-refractivity contribution in [2.24, 2.45) is 5.16 Å². The molecule has 0 atom stereocenters. The fourth-order valence-corrected chi connectivity index (χ4v) is 2.51. The number of hydrogen-bond acceptors (Lipinski definition) is 3. The molecule has 0 amide bonds. The third kappa shape index (κ3) is 3.83. The number of halogens is 1. The lowest BCUT2D eigenvalue weighted by atomic mass is 10.1. The van der Waals surface area contributed by atoms with Crippen molar-refractivity contribution in [3.63, 3.8) is 0 Å². The Bertz CT molecular complexity index is 907. The van der Waals surface area contributed by atoms with Crippen molar-refractivity contribution in [3.8, 4) is 11.8 Å². The number of hydrogen-bond donors (Lipinski definition) is 1. The van der Waals surface area contributed by atoms with E-state index in [4.69, 9.17) is 11.6 Å². The third-order valence-corrected chi connectivity index (χ3v) is 3.73. The lowest BCUT2D eigenvalue weighted by molar-refractivity contribution is 0.317. The molecule has 0 spiro atoms. The first-order chi connectivity index (χ1) is 11.8. The Morgan fingerprint density at radius 1 is 1.12 bits per heavy atom. The maximum atomic E-state index is 9.29. The van der Waals surface area contributed by atoms with E-state index in [0.29, 0.717) is 22.8 Å². The van der Waals surface area contributed by atoms with Crippen LogP contribution in [0, 0.1) is 11.8 Å². The largest absolute Gasteiger partial charge is 0.411 e. The van der Waals surface area contributed by atoms with Crippen molar-refractivity contribution in [2.75, 3.05) is 0 Å². The van der Waals surface area contributed by atoms with Gasteiger partial charge in [0.1, 0.15) is 5.71 Å². The smallest absolute Gasteiger partial charge is 0.108 e. The van der Waals surface area contributed by atoms with Crippen LogP contribution in [0.4, 0.5) is 0 Å². The van der Waals surface area contributed by atoms with E-state index in [0.717, 1.165) is 11.1 Å². The fourth-order valence-electron chi connectivity index (χ4n) is 2.22. The number of nitrogens with zero attached hydrogens (tertiary/aromatic N) is 3. The average molecular weight is 336 g/mol. The molecule has 3 aromatic rings. The quantitative estimate of drug-likeness (QED) is 0.342. The number of rotatable bonds is 3. The molecule has 1 heterocycles. The molecule has 118 valence electrons. The molecular weight excluding hydrogens is 322 g/mol. The van der Waals surface area contributed by atoms with Crippen molar-refractivity contribution in [2.45, 2.75) is 6.54 Å². The van der Waals surface area contributed by atoms with Gasteiger partial charge in [0.2, 0.25) is 0 Å². The minimum absolute atomic E-state index is 0.380. The first-order valence-electron chi connectivity index (χ1n) is 7.30. The Kier molecular flexibility index (Phi) is 4.95. The highest BCUT2D eigenvalue weighted by atomic mass is 35.5. The molecule has 2 aromatic carbocycles. The number of aromatic nitrogens is 2. The van der Waals surface area contributed by atoms with E-state index >= 15 is 0 Å². The van der Waals surface area contributed by atoms with Crippen LogP contribution >= 0.6 is 11.6 Å². The molecule has 1 N–H and O–H groups in total. The summed E-state index contributed by atoms with van der Waals surface area (Å²) < 4.78 is 1.80. The van der Waals surface area contributed by atoms with Crippen molar-refractivity contribution < 1.29 is 5.21 Å². The first kappa shape index (κ1) is 15.9. The van der Waals surface area contributed by atoms with Crippen LogP contribution in [-0.4, -0.2) is 20.5 Å². The third-order valence-electron chi connectivity index (χ3n) is 3.42. The molecule has 24 heavy (non-hydrogen) atoms. The summed E-state index contributed by atoms with van der Waals surface area (Å²) >= 11 is 6.34. The SMILES string of the molecule is O/N=C(\Cn1ccnc1)c1ccc(C#Cc2ccccc2)cc1Cl. The van der Waals surface area contributed by atoms with Gasteiger partial charge in [0.05, 0.1) is 17.9 Å². The fraction of sp³-hybridized carbons (Fsp3) is 0.0526. The molecule has 0 aliphatic carbocycles. The molecule has 0 aliphatic heterocycles. The van der Waals surface area contributed by atoms with E-state index in [1.807, 2.05) is 42.5 Å². The molecule has 0 unspecified atom stereocenters. The highest BCUT2D eigenvalue weighted by Crippen LogP contribution is 2.19. The average Bonchev–Trinajstić information content (AvgIpc) is 3.12. The normalized spacial score (nSPS) is 11.0. The predicted octanol–water partition coefficient (Wildman–Crippen LogP) is 3.81. The minimum atomic E-state index is 0.380. The zero-order valence-corrected chi connectivity index (χ0v) is 13.5. The molecule has 0 saturated heterocycles. The molecule has 4 nitrogen and oxygen atoms in total. The second-order valence-corrected chi connectivity index (χ2v) is 5.50. The lowest BCUT2D eigenvalue weighted by Crippen LogP contribution is -2.11. The zero-order chi connectivity index (χ0) is 16.8. The Labute approximate surface area is 145 Å². The van der Waals surface area contributed by atoms with Crippen molar-refractivity contribution in [3.05, 3.63) is 89.0 Å². The Morgan fingerprint density at radius 2 is 1.92 bits per heavy atom. The van der Waals surface area contributed by atoms with Gasteiger partial charge in [0, 0.05) is 29.1 Å². The van der Waals surface area contributed by atoms with Gasteiger partial charge in [-0.15, -0.1) is 0 Å². The molecule has 0 bridgehead atoms. The van der Waals surface area contributed by atoms with Crippen LogP contribution in [0.2, 0.25) is 5.02 Å². The topological polar surface area (TPSA) is 50.4 Å². The molecule has 0 aliphatic rings. The Balaban J connectivity index is 1.83. The first-order valence-corrected chi connectivity index (χ1v) is 7.68. The monoisotopic (exact) mass is 335 g/mol. The zero-order valence-electron chi connectivity index (χ0n) is 12.7. The van der Waals surface area contributed by atoms with Crippen LogP contribution in [0.15, 0.2) is 72.4 Å². The summed E-state index contributed by atoms with van der Waals surface area (Å²) in [5.41, 5.74) is 2.86. The second kappa shape index (κ2) is 7.49. The van der Waals surface area contributed by atoms with Crippen LogP contribution in [0.3, 0.4) is 0 Å². The summed E-state index contributed by atoms with van der Waals surface area (Å²) in [6.07, 6.45) is 5.11. The van der Waals surface area contributed by atoms with Gasteiger partial charge < -0.3 is 9.77 Å². The van der Waals surface area contributed by atoms with Crippen LogP contribution in [-0.2, 0) is 6.54 Å². The van der Waals surface area contributed by atoms with Crippen LogP contribution < -0.4 is 0 Å². The summed E-state index contributed by atoms with van der Waals surface area (Å²) in [5, 5.41) is 13.1. The van der Waals surface area contributed by atoms with E-state index < -0.39 is 0 Å². The van der Waals surface area contributed by atoms with Gasteiger partial charge in [-0.3, -0.25) is 0 Å². The van der Waals surface area contributed by atoms with Crippen LogP contribution in [0.5, 0.6) is 0 Å². The van der Waals surface area contributed by atoms with Crippen LogP contribution in [0.25, 0.3) is 0 Å². The standard InChI is InChI=1S/C19H14ClN3O/c20-18-12-16(7-6-15-4-2-1-3-5-15)8-9-17(18)19(22-24)13-23-11-10-21-14-23/h1-5,8-12,14,24H,13H2/b22-19+. The Hall–Kier alpha value is -3.03. The van der Waals surface area contributed by atoms with Gasteiger partial charge >= 0.3 is 0 Å². The summed E-state index contributed by atoms with van der Waals surface area (Å²) in [7, 11) is 0. The minimum Gasteiger partial charge on any atom is -0.411 e. The van der Waals surface area contributed by atoms with Gasteiger partial charge in [0.15, 0.2) is 0 Å². The summed E-state index contributed by atoms with van der Waals surface area (Å²) in [4.78, 5) is 3.97. The molecule has 0 saturated carbocycles. The highest BCUT2D eigenvalue weighted by molar-refractivity contribution is 6.34. The maximum Gasteiger partial charge on any atom is 0.108 e. The molecule has 5 heteroatoms. The molecule has 3 rings (SSSR count). The summed E-state index contributed by atoms with van der Waals surface area (Å²) in [5.74, 6) is 6.17. The lowest BCUT2D eigenvalue weighted by Gasteiger charge is -2.08. The molecule has 0 fully saturated rings.